The number of nitrogens with zero attached hydrogens (tertiary/aromatic N) is 2. The maximum Gasteiger partial charge on any atom is 0.234 e. The zero-order valence-electron chi connectivity index (χ0n) is 17.7. The van der Waals surface area contributed by atoms with Gasteiger partial charge in [-0.3, -0.25) is 14.5 Å². The van der Waals surface area contributed by atoms with E-state index in [2.05, 4.69) is 10.2 Å². The number of carbonyl (C=O) groups excluding carboxylic acids is 2. The molecule has 0 radical (unpaired) electrons. The Kier molecular flexibility index (Phi) is 8.77. The molecule has 0 bridgehead atoms. The summed E-state index contributed by atoms with van der Waals surface area (Å²) in [5.41, 5.74) is 1.17. The molecule has 6 nitrogen and oxygen atoms in total. The van der Waals surface area contributed by atoms with Crippen molar-refractivity contribution >= 4 is 11.8 Å². The van der Waals surface area contributed by atoms with E-state index in [1.807, 2.05) is 57.0 Å². The number of piperidine rings is 1. The fraction of sp³-hybridized carbons (Fsp3) is 0.636. The van der Waals surface area contributed by atoms with Crippen LogP contribution in [0.4, 0.5) is 0 Å². The number of benzene rings is 1. The van der Waals surface area contributed by atoms with Gasteiger partial charge in [-0.05, 0) is 70.8 Å². The number of amides is 2. The molecular formula is C22H35N3O3. The highest BCUT2D eigenvalue weighted by Crippen LogP contribution is 2.20. The first kappa shape index (κ1) is 22.2. The third-order valence-corrected chi connectivity index (χ3v) is 5.33. The third kappa shape index (κ3) is 7.15. The molecule has 2 amide bonds. The number of rotatable bonds is 9. The highest BCUT2D eigenvalue weighted by Gasteiger charge is 2.28. The van der Waals surface area contributed by atoms with Crippen LogP contribution < -0.4 is 10.1 Å². The summed E-state index contributed by atoms with van der Waals surface area (Å²) in [5.74, 6) is 1.23. The molecule has 1 N–H and O–H groups in total. The number of carbonyl (C=O) groups is 2. The summed E-state index contributed by atoms with van der Waals surface area (Å²) in [6.45, 7) is 9.29. The van der Waals surface area contributed by atoms with Crippen LogP contribution in [0.1, 0.15) is 38.7 Å². The van der Waals surface area contributed by atoms with E-state index in [0.29, 0.717) is 19.7 Å². The van der Waals surface area contributed by atoms with E-state index in [-0.39, 0.29) is 23.8 Å². The molecule has 1 heterocycles. The molecule has 1 aromatic rings. The minimum absolute atomic E-state index is 0.0413. The molecule has 28 heavy (non-hydrogen) atoms. The molecule has 156 valence electrons. The fourth-order valence-electron chi connectivity index (χ4n) is 3.33. The molecule has 1 fully saturated rings. The number of likely N-dealkylation sites (tertiary alicyclic amines) is 1. The van der Waals surface area contributed by atoms with E-state index in [4.69, 9.17) is 4.74 Å². The minimum atomic E-state index is 0.0413. The van der Waals surface area contributed by atoms with Gasteiger partial charge in [0.25, 0.3) is 0 Å². The van der Waals surface area contributed by atoms with Crippen molar-refractivity contribution < 1.29 is 14.3 Å². The first-order chi connectivity index (χ1) is 13.4. The Labute approximate surface area is 169 Å². The maximum absolute atomic E-state index is 12.4. The summed E-state index contributed by atoms with van der Waals surface area (Å²) in [6.07, 6.45) is 2.43. The Morgan fingerprint density at radius 2 is 2.00 bits per heavy atom. The van der Waals surface area contributed by atoms with Gasteiger partial charge < -0.3 is 15.0 Å². The van der Waals surface area contributed by atoms with Gasteiger partial charge in [0.2, 0.25) is 11.8 Å². The average Bonchev–Trinajstić information content (AvgIpc) is 2.67. The Bertz CT molecular complexity index is 640. The molecule has 1 aromatic carbocycles. The van der Waals surface area contributed by atoms with Gasteiger partial charge in [-0.2, -0.15) is 0 Å². The summed E-state index contributed by atoms with van der Waals surface area (Å²) in [5, 5.41) is 2.96. The van der Waals surface area contributed by atoms with E-state index >= 15 is 0 Å². The number of hydrogen-bond acceptors (Lipinski definition) is 4. The topological polar surface area (TPSA) is 61.9 Å². The van der Waals surface area contributed by atoms with Crippen LogP contribution in [0.25, 0.3) is 0 Å². The molecule has 1 aliphatic heterocycles. The first-order valence-electron chi connectivity index (χ1n) is 10.3. The molecular weight excluding hydrogens is 354 g/mol. The van der Waals surface area contributed by atoms with Gasteiger partial charge >= 0.3 is 0 Å². The van der Waals surface area contributed by atoms with Gasteiger partial charge in [0.15, 0.2) is 0 Å². The van der Waals surface area contributed by atoms with Crippen LogP contribution in [0.5, 0.6) is 5.75 Å². The van der Waals surface area contributed by atoms with Gasteiger partial charge in [-0.15, -0.1) is 0 Å². The second-order valence-electron chi connectivity index (χ2n) is 7.96. The van der Waals surface area contributed by atoms with Crippen molar-refractivity contribution in [2.75, 3.05) is 39.8 Å². The molecule has 0 aromatic heterocycles. The number of ether oxygens (including phenoxy) is 1. The van der Waals surface area contributed by atoms with E-state index in [0.717, 1.165) is 38.1 Å². The highest BCUT2D eigenvalue weighted by molar-refractivity contribution is 5.79. The van der Waals surface area contributed by atoms with Crippen molar-refractivity contribution in [3.05, 3.63) is 29.8 Å². The standard InChI is InChI=1S/C22H35N3O3/c1-17(2)24(4)22(27)19-9-12-25(13-10-19)16-21(26)23-11-6-14-28-20-8-5-7-18(3)15-20/h5,7-8,15,17,19H,6,9-14,16H2,1-4H3,(H,23,26). The van der Waals surface area contributed by atoms with Crippen LogP contribution in [-0.4, -0.2) is 67.5 Å². The van der Waals surface area contributed by atoms with Crippen LogP contribution in [0.15, 0.2) is 24.3 Å². The van der Waals surface area contributed by atoms with Crippen LogP contribution >= 0.6 is 0 Å². The molecule has 6 heteroatoms. The lowest BCUT2D eigenvalue weighted by atomic mass is 9.95. The number of nitrogens with one attached hydrogen (secondary N) is 1. The molecule has 2 rings (SSSR count). The minimum Gasteiger partial charge on any atom is -0.494 e. The quantitative estimate of drug-likeness (QED) is 0.659. The fourth-order valence-corrected chi connectivity index (χ4v) is 3.33. The van der Waals surface area contributed by atoms with Crippen molar-refractivity contribution in [3.8, 4) is 5.75 Å². The van der Waals surface area contributed by atoms with E-state index in [1.54, 1.807) is 0 Å². The summed E-state index contributed by atoms with van der Waals surface area (Å²) >= 11 is 0. The lowest BCUT2D eigenvalue weighted by Gasteiger charge is -2.33. The van der Waals surface area contributed by atoms with Crippen LogP contribution in [0.3, 0.4) is 0 Å². The van der Waals surface area contributed by atoms with Crippen LogP contribution in [0, 0.1) is 12.8 Å². The molecule has 0 unspecified atom stereocenters. The zero-order valence-corrected chi connectivity index (χ0v) is 17.7. The summed E-state index contributed by atoms with van der Waals surface area (Å²) < 4.78 is 5.69. The van der Waals surface area contributed by atoms with Gasteiger partial charge in [-0.1, -0.05) is 12.1 Å². The largest absolute Gasteiger partial charge is 0.494 e. The Hall–Kier alpha value is -2.08. The summed E-state index contributed by atoms with van der Waals surface area (Å²) in [7, 11) is 1.87. The van der Waals surface area contributed by atoms with Crippen molar-refractivity contribution in [1.29, 1.82) is 0 Å². The number of aryl methyl sites for hydroxylation is 1. The Balaban J connectivity index is 1.58. The predicted octanol–water partition coefficient (Wildman–Crippen LogP) is 2.46. The van der Waals surface area contributed by atoms with Crippen molar-refractivity contribution in [2.45, 2.75) is 46.1 Å². The number of hydrogen-bond donors (Lipinski definition) is 1. The van der Waals surface area contributed by atoms with E-state index in [9.17, 15) is 9.59 Å². The zero-order chi connectivity index (χ0) is 20.5. The average molecular weight is 390 g/mol. The third-order valence-electron chi connectivity index (χ3n) is 5.33. The second kappa shape index (κ2) is 11.1. The van der Waals surface area contributed by atoms with E-state index in [1.165, 1.54) is 5.56 Å². The van der Waals surface area contributed by atoms with Crippen molar-refractivity contribution in [3.63, 3.8) is 0 Å². The molecule has 0 spiro atoms. The summed E-state index contributed by atoms with van der Waals surface area (Å²) in [6, 6.07) is 8.19. The van der Waals surface area contributed by atoms with Crippen molar-refractivity contribution in [1.82, 2.24) is 15.1 Å². The summed E-state index contributed by atoms with van der Waals surface area (Å²) in [4.78, 5) is 28.5. The van der Waals surface area contributed by atoms with Gasteiger partial charge in [0.1, 0.15) is 5.75 Å². The SMILES string of the molecule is Cc1cccc(OCCCNC(=O)CN2CCC(C(=O)N(C)C(C)C)CC2)c1. The normalized spacial score (nSPS) is 15.5. The van der Waals surface area contributed by atoms with Gasteiger partial charge in [0.05, 0.1) is 13.2 Å². The Morgan fingerprint density at radius 1 is 1.29 bits per heavy atom. The lowest BCUT2D eigenvalue weighted by molar-refractivity contribution is -0.137. The predicted molar refractivity (Wildman–Crippen MR) is 111 cm³/mol. The molecule has 0 aliphatic carbocycles. The van der Waals surface area contributed by atoms with Crippen LogP contribution in [-0.2, 0) is 9.59 Å². The monoisotopic (exact) mass is 389 g/mol. The maximum atomic E-state index is 12.4. The Morgan fingerprint density at radius 3 is 2.64 bits per heavy atom. The van der Waals surface area contributed by atoms with Gasteiger partial charge in [-0.25, -0.2) is 0 Å². The first-order valence-corrected chi connectivity index (χ1v) is 10.3. The van der Waals surface area contributed by atoms with Crippen LogP contribution in [0.2, 0.25) is 0 Å². The van der Waals surface area contributed by atoms with Gasteiger partial charge in [0, 0.05) is 25.6 Å². The highest BCUT2D eigenvalue weighted by atomic mass is 16.5. The molecule has 1 aliphatic rings. The lowest BCUT2D eigenvalue weighted by Crippen LogP contribution is -2.46. The van der Waals surface area contributed by atoms with Crippen molar-refractivity contribution in [2.24, 2.45) is 5.92 Å². The van der Waals surface area contributed by atoms with E-state index < -0.39 is 0 Å². The smallest absolute Gasteiger partial charge is 0.234 e. The molecule has 1 saturated heterocycles. The molecule has 0 atom stereocenters. The second-order valence-corrected chi connectivity index (χ2v) is 7.96. The molecule has 0 saturated carbocycles.